The molecule has 2 heteroatoms. The van der Waals surface area contributed by atoms with Crippen molar-refractivity contribution in [3.05, 3.63) is 17.7 Å². The van der Waals surface area contributed by atoms with Crippen molar-refractivity contribution in [1.29, 1.82) is 0 Å². The lowest BCUT2D eigenvalue weighted by atomic mass is 9.84. The van der Waals surface area contributed by atoms with E-state index in [9.17, 15) is 0 Å². The Morgan fingerprint density at radius 1 is 1.31 bits per heavy atom. The SMILES string of the molecule is CCC(CC)c1cnc(C2CCC2)n1CC. The molecule has 2 nitrogen and oxygen atoms in total. The minimum Gasteiger partial charge on any atom is -0.332 e. The molecule has 0 bridgehead atoms. The van der Waals surface area contributed by atoms with E-state index in [4.69, 9.17) is 0 Å². The molecular formula is C14H24N2. The largest absolute Gasteiger partial charge is 0.332 e. The van der Waals surface area contributed by atoms with Gasteiger partial charge in [-0.3, -0.25) is 0 Å². The van der Waals surface area contributed by atoms with E-state index in [0.29, 0.717) is 5.92 Å². The zero-order chi connectivity index (χ0) is 11.5. The highest BCUT2D eigenvalue weighted by Crippen LogP contribution is 2.37. The molecule has 16 heavy (non-hydrogen) atoms. The minimum atomic E-state index is 0.696. The van der Waals surface area contributed by atoms with Crippen molar-refractivity contribution in [3.63, 3.8) is 0 Å². The second-order valence-corrected chi connectivity index (χ2v) is 4.93. The van der Waals surface area contributed by atoms with Gasteiger partial charge in [0.15, 0.2) is 0 Å². The summed E-state index contributed by atoms with van der Waals surface area (Å²) in [6.45, 7) is 7.89. The fourth-order valence-corrected chi connectivity index (χ4v) is 2.77. The number of imidazole rings is 1. The van der Waals surface area contributed by atoms with Crippen LogP contribution in [0.5, 0.6) is 0 Å². The Morgan fingerprint density at radius 3 is 2.44 bits per heavy atom. The number of hydrogen-bond acceptors (Lipinski definition) is 1. The van der Waals surface area contributed by atoms with Gasteiger partial charge in [-0.05, 0) is 32.6 Å². The highest BCUT2D eigenvalue weighted by molar-refractivity contribution is 5.15. The van der Waals surface area contributed by atoms with E-state index in [1.165, 1.54) is 43.6 Å². The fourth-order valence-electron chi connectivity index (χ4n) is 2.77. The van der Waals surface area contributed by atoms with E-state index < -0.39 is 0 Å². The lowest BCUT2D eigenvalue weighted by Gasteiger charge is -2.26. The van der Waals surface area contributed by atoms with Crippen LogP contribution < -0.4 is 0 Å². The first kappa shape index (κ1) is 11.7. The molecule has 90 valence electrons. The minimum absolute atomic E-state index is 0.696. The Kier molecular flexibility index (Phi) is 3.67. The van der Waals surface area contributed by atoms with E-state index in [1.807, 2.05) is 0 Å². The number of nitrogens with zero attached hydrogens (tertiary/aromatic N) is 2. The predicted molar refractivity (Wildman–Crippen MR) is 67.8 cm³/mol. The van der Waals surface area contributed by atoms with Crippen molar-refractivity contribution >= 4 is 0 Å². The molecule has 1 saturated carbocycles. The molecule has 2 rings (SSSR count). The van der Waals surface area contributed by atoms with Gasteiger partial charge in [-0.25, -0.2) is 4.98 Å². The molecule has 1 aliphatic rings. The first-order valence-electron chi connectivity index (χ1n) is 6.87. The quantitative estimate of drug-likeness (QED) is 0.731. The van der Waals surface area contributed by atoms with Crippen LogP contribution in [0.3, 0.4) is 0 Å². The Bertz CT molecular complexity index is 333. The van der Waals surface area contributed by atoms with Gasteiger partial charge in [-0.1, -0.05) is 20.3 Å². The number of rotatable bonds is 5. The average Bonchev–Trinajstić information content (AvgIpc) is 2.61. The third-order valence-corrected chi connectivity index (χ3v) is 4.11. The topological polar surface area (TPSA) is 17.8 Å². The van der Waals surface area contributed by atoms with Crippen LogP contribution in [-0.4, -0.2) is 9.55 Å². The Morgan fingerprint density at radius 2 is 2.00 bits per heavy atom. The predicted octanol–water partition coefficient (Wildman–Crippen LogP) is 4.07. The van der Waals surface area contributed by atoms with Crippen molar-refractivity contribution in [3.8, 4) is 0 Å². The van der Waals surface area contributed by atoms with Crippen LogP contribution in [-0.2, 0) is 6.54 Å². The summed E-state index contributed by atoms with van der Waals surface area (Å²) in [5.74, 6) is 2.81. The summed E-state index contributed by atoms with van der Waals surface area (Å²) in [6, 6.07) is 0. The molecule has 0 N–H and O–H groups in total. The highest BCUT2D eigenvalue weighted by atomic mass is 15.1. The molecule has 0 unspecified atom stereocenters. The Balaban J connectivity index is 2.27. The molecule has 0 saturated heterocycles. The standard InChI is InChI=1S/C14H24N2/c1-4-11(5-2)13-10-15-14(16(13)6-3)12-8-7-9-12/h10-12H,4-9H2,1-3H3. The average molecular weight is 220 g/mol. The van der Waals surface area contributed by atoms with Gasteiger partial charge in [0, 0.05) is 30.3 Å². The van der Waals surface area contributed by atoms with E-state index in [2.05, 4.69) is 36.5 Å². The van der Waals surface area contributed by atoms with Crippen LogP contribution >= 0.6 is 0 Å². The zero-order valence-corrected chi connectivity index (χ0v) is 10.9. The van der Waals surface area contributed by atoms with Gasteiger partial charge in [0.1, 0.15) is 5.82 Å². The van der Waals surface area contributed by atoms with Gasteiger partial charge < -0.3 is 4.57 Å². The molecule has 0 aliphatic heterocycles. The molecule has 1 heterocycles. The van der Waals surface area contributed by atoms with E-state index in [1.54, 1.807) is 0 Å². The summed E-state index contributed by atoms with van der Waals surface area (Å²) in [6.07, 6.45) is 8.67. The monoisotopic (exact) mass is 220 g/mol. The summed E-state index contributed by atoms with van der Waals surface area (Å²) >= 11 is 0. The normalized spacial score (nSPS) is 16.8. The lowest BCUT2D eigenvalue weighted by Crippen LogP contribution is -2.17. The van der Waals surface area contributed by atoms with Gasteiger partial charge in [0.2, 0.25) is 0 Å². The Labute approximate surface area is 99.1 Å². The van der Waals surface area contributed by atoms with Crippen molar-refractivity contribution in [1.82, 2.24) is 9.55 Å². The van der Waals surface area contributed by atoms with Gasteiger partial charge in [0.05, 0.1) is 0 Å². The highest BCUT2D eigenvalue weighted by Gasteiger charge is 2.26. The maximum absolute atomic E-state index is 4.69. The molecule has 0 aromatic carbocycles. The summed E-state index contributed by atoms with van der Waals surface area (Å²) in [5, 5.41) is 0. The van der Waals surface area contributed by atoms with Crippen molar-refractivity contribution in [2.45, 2.75) is 71.3 Å². The van der Waals surface area contributed by atoms with Crippen molar-refractivity contribution < 1.29 is 0 Å². The molecule has 0 atom stereocenters. The van der Waals surface area contributed by atoms with Crippen LogP contribution in [0.15, 0.2) is 6.20 Å². The molecule has 0 radical (unpaired) electrons. The lowest BCUT2D eigenvalue weighted by molar-refractivity contribution is 0.385. The smallest absolute Gasteiger partial charge is 0.111 e. The third-order valence-electron chi connectivity index (χ3n) is 4.11. The molecule has 1 aromatic heterocycles. The molecule has 1 aliphatic carbocycles. The van der Waals surface area contributed by atoms with Gasteiger partial charge >= 0.3 is 0 Å². The third kappa shape index (κ3) is 1.90. The molecular weight excluding hydrogens is 196 g/mol. The second-order valence-electron chi connectivity index (χ2n) is 4.93. The van der Waals surface area contributed by atoms with E-state index in [0.717, 1.165) is 12.5 Å². The van der Waals surface area contributed by atoms with Crippen LogP contribution in [0.25, 0.3) is 0 Å². The second kappa shape index (κ2) is 5.03. The van der Waals surface area contributed by atoms with Crippen LogP contribution in [0.4, 0.5) is 0 Å². The van der Waals surface area contributed by atoms with Crippen molar-refractivity contribution in [2.75, 3.05) is 0 Å². The molecule has 1 fully saturated rings. The summed E-state index contributed by atoms with van der Waals surface area (Å²) in [7, 11) is 0. The molecule has 0 amide bonds. The van der Waals surface area contributed by atoms with Crippen LogP contribution in [0.2, 0.25) is 0 Å². The first-order valence-corrected chi connectivity index (χ1v) is 6.87. The first-order chi connectivity index (χ1) is 7.81. The van der Waals surface area contributed by atoms with Crippen molar-refractivity contribution in [2.24, 2.45) is 0 Å². The zero-order valence-electron chi connectivity index (χ0n) is 10.9. The van der Waals surface area contributed by atoms with E-state index in [-0.39, 0.29) is 0 Å². The number of hydrogen-bond donors (Lipinski definition) is 0. The maximum atomic E-state index is 4.69. The Hall–Kier alpha value is -0.790. The maximum Gasteiger partial charge on any atom is 0.111 e. The number of aromatic nitrogens is 2. The van der Waals surface area contributed by atoms with Gasteiger partial charge in [0.25, 0.3) is 0 Å². The summed E-state index contributed by atoms with van der Waals surface area (Å²) in [5.41, 5.74) is 1.47. The van der Waals surface area contributed by atoms with Crippen LogP contribution in [0.1, 0.15) is 76.2 Å². The molecule has 0 spiro atoms. The van der Waals surface area contributed by atoms with Crippen LogP contribution in [0, 0.1) is 0 Å². The summed E-state index contributed by atoms with van der Waals surface area (Å²) < 4.78 is 2.47. The fraction of sp³-hybridized carbons (Fsp3) is 0.786. The summed E-state index contributed by atoms with van der Waals surface area (Å²) in [4.78, 5) is 4.69. The van der Waals surface area contributed by atoms with E-state index >= 15 is 0 Å². The molecule has 1 aromatic rings. The van der Waals surface area contributed by atoms with Gasteiger partial charge in [-0.15, -0.1) is 0 Å². The van der Waals surface area contributed by atoms with Gasteiger partial charge in [-0.2, -0.15) is 0 Å².